The normalized spacial score (nSPS) is 15.3. The fraction of sp³-hybridized carbons (Fsp3) is 0.241. The van der Waals surface area contributed by atoms with Crippen LogP contribution in [0.4, 0.5) is 10.2 Å². The summed E-state index contributed by atoms with van der Waals surface area (Å²) in [7, 11) is 0. The number of primary amides is 1. The van der Waals surface area contributed by atoms with E-state index in [4.69, 9.17) is 20.2 Å². The van der Waals surface area contributed by atoms with Crippen LogP contribution in [0.5, 0.6) is 11.5 Å². The van der Waals surface area contributed by atoms with Gasteiger partial charge in [0.2, 0.25) is 0 Å². The molecule has 1 aromatic heterocycles. The average Bonchev–Trinajstić information content (AvgIpc) is 3.25. The lowest BCUT2D eigenvalue weighted by Crippen LogP contribution is -2.38. The van der Waals surface area contributed by atoms with Gasteiger partial charge in [-0.2, -0.15) is 0 Å². The number of nitrogens with zero attached hydrogens (tertiary/aromatic N) is 3. The van der Waals surface area contributed by atoms with E-state index in [1.165, 1.54) is 30.3 Å². The van der Waals surface area contributed by atoms with E-state index in [0.29, 0.717) is 29.3 Å². The van der Waals surface area contributed by atoms with E-state index in [-0.39, 0.29) is 29.9 Å². The number of allylic oxidation sites excluding steroid dienone is 3. The molecule has 2 heterocycles. The Balaban J connectivity index is 1.71. The molecule has 0 bridgehead atoms. The molecule has 0 radical (unpaired) electrons. The topological polar surface area (TPSA) is 108 Å². The molecule has 38 heavy (non-hydrogen) atoms. The molecule has 1 atom stereocenters. The molecule has 1 amide bonds. The van der Waals surface area contributed by atoms with Crippen LogP contribution in [0.25, 0.3) is 11.4 Å². The molecule has 1 aliphatic heterocycles. The number of ether oxygens (including phenoxy) is 2. The van der Waals surface area contributed by atoms with Gasteiger partial charge in [-0.1, -0.05) is 19.1 Å². The molecule has 1 unspecified atom stereocenters. The second-order valence-corrected chi connectivity index (χ2v) is 8.64. The zero-order chi connectivity index (χ0) is 27.2. The highest BCUT2D eigenvalue weighted by atomic mass is 19.1. The average molecular weight is 517 g/mol. The minimum absolute atomic E-state index is 0.0181. The van der Waals surface area contributed by atoms with E-state index < -0.39 is 11.9 Å². The maximum absolute atomic E-state index is 13.2. The lowest BCUT2D eigenvalue weighted by molar-refractivity contribution is -0.144. The number of rotatable bonds is 9. The quantitative estimate of drug-likeness (QED) is 0.371. The number of aromatic nitrogens is 2. The summed E-state index contributed by atoms with van der Waals surface area (Å²) in [6.45, 7) is 5.94. The molecule has 2 N–H and O–H groups in total. The third-order valence-electron chi connectivity index (χ3n) is 6.04. The molecule has 0 aliphatic carbocycles. The Morgan fingerprint density at radius 2 is 1.74 bits per heavy atom. The summed E-state index contributed by atoms with van der Waals surface area (Å²) in [5.74, 6) is 0.197. The lowest BCUT2D eigenvalue weighted by Gasteiger charge is -2.26. The summed E-state index contributed by atoms with van der Waals surface area (Å²) in [5, 5.41) is 0. The molecule has 4 rings (SSSR count). The Morgan fingerprint density at radius 1 is 1.08 bits per heavy atom. The Morgan fingerprint density at radius 3 is 2.34 bits per heavy atom. The second-order valence-electron chi connectivity index (χ2n) is 8.64. The molecule has 3 aromatic rings. The SMILES string of the molecule is CCC=CC1=C(C)N(c2cc(C(N)=O)nc(-c3ccc(Oc4ccc(F)cc4)cc3)n2)C(C(=O)OCC)C1. The number of carbonyl (C=O) groups excluding carboxylic acids is 2. The maximum Gasteiger partial charge on any atom is 0.329 e. The van der Waals surface area contributed by atoms with E-state index in [2.05, 4.69) is 4.98 Å². The van der Waals surface area contributed by atoms with Gasteiger partial charge in [0.05, 0.1) is 6.61 Å². The Labute approximate surface area is 220 Å². The molecule has 9 heteroatoms. The summed E-state index contributed by atoms with van der Waals surface area (Å²) in [5.41, 5.74) is 8.05. The first kappa shape index (κ1) is 26.5. The minimum atomic E-state index is -0.717. The maximum atomic E-state index is 13.2. The number of benzene rings is 2. The minimum Gasteiger partial charge on any atom is -0.464 e. The predicted octanol–water partition coefficient (Wildman–Crippen LogP) is 5.56. The number of hydrogen-bond donors (Lipinski definition) is 1. The molecule has 2 aromatic carbocycles. The molecular weight excluding hydrogens is 487 g/mol. The van der Waals surface area contributed by atoms with E-state index in [1.54, 1.807) is 36.1 Å². The van der Waals surface area contributed by atoms with Crippen LogP contribution in [0.15, 0.2) is 78.0 Å². The number of hydrogen-bond acceptors (Lipinski definition) is 7. The smallest absolute Gasteiger partial charge is 0.329 e. The standard InChI is InChI=1S/C29H29FN4O4/c1-4-6-7-20-16-25(29(36)37-5-2)34(18(20)3)26-17-24(27(31)35)32-28(33-26)19-8-12-22(13-9-19)38-23-14-10-21(30)11-15-23/h6-15,17,25H,4-5,16H2,1-3H3,(H2,31,35). The Hall–Kier alpha value is -4.53. The van der Waals surface area contributed by atoms with Crippen molar-refractivity contribution >= 4 is 17.7 Å². The van der Waals surface area contributed by atoms with E-state index in [1.807, 2.05) is 26.0 Å². The monoisotopic (exact) mass is 516 g/mol. The zero-order valence-corrected chi connectivity index (χ0v) is 21.5. The van der Waals surface area contributed by atoms with Crippen LogP contribution in [0.3, 0.4) is 0 Å². The summed E-state index contributed by atoms with van der Waals surface area (Å²) < 4.78 is 24.3. The molecule has 1 aliphatic rings. The van der Waals surface area contributed by atoms with Gasteiger partial charge in [-0.25, -0.2) is 19.2 Å². The second kappa shape index (κ2) is 11.7. The van der Waals surface area contributed by atoms with Gasteiger partial charge in [-0.05, 0) is 74.4 Å². The van der Waals surface area contributed by atoms with Crippen molar-refractivity contribution in [3.8, 4) is 22.9 Å². The van der Waals surface area contributed by atoms with Gasteiger partial charge in [-0.15, -0.1) is 0 Å². The Bertz CT molecular complexity index is 1380. The van der Waals surface area contributed by atoms with Crippen LogP contribution in [0.2, 0.25) is 0 Å². The molecule has 0 fully saturated rings. The van der Waals surface area contributed by atoms with Gasteiger partial charge < -0.3 is 20.1 Å². The van der Waals surface area contributed by atoms with Crippen molar-refractivity contribution in [3.63, 3.8) is 0 Å². The predicted molar refractivity (Wildman–Crippen MR) is 142 cm³/mol. The molecule has 0 spiro atoms. The number of esters is 1. The summed E-state index contributed by atoms with van der Waals surface area (Å²) in [6, 6.07) is 13.5. The van der Waals surface area contributed by atoms with Crippen LogP contribution in [-0.4, -0.2) is 34.5 Å². The van der Waals surface area contributed by atoms with E-state index >= 15 is 0 Å². The van der Waals surface area contributed by atoms with E-state index in [0.717, 1.165) is 17.7 Å². The third-order valence-corrected chi connectivity index (χ3v) is 6.04. The van der Waals surface area contributed by atoms with Gasteiger partial charge in [0.1, 0.15) is 34.9 Å². The molecule has 0 saturated carbocycles. The van der Waals surface area contributed by atoms with Crippen molar-refractivity contribution in [2.45, 2.75) is 39.7 Å². The van der Waals surface area contributed by atoms with Crippen molar-refractivity contribution in [2.75, 3.05) is 11.5 Å². The number of amides is 1. The fourth-order valence-corrected chi connectivity index (χ4v) is 4.17. The third kappa shape index (κ3) is 5.88. The highest BCUT2D eigenvalue weighted by Crippen LogP contribution is 2.35. The van der Waals surface area contributed by atoms with Crippen LogP contribution in [-0.2, 0) is 9.53 Å². The summed E-state index contributed by atoms with van der Waals surface area (Å²) >= 11 is 0. The van der Waals surface area contributed by atoms with Crippen molar-refractivity contribution in [3.05, 3.63) is 89.5 Å². The molecular formula is C29H29FN4O4. The first-order chi connectivity index (χ1) is 18.3. The zero-order valence-electron chi connectivity index (χ0n) is 21.5. The van der Waals surface area contributed by atoms with Crippen LogP contribution in [0, 0.1) is 5.82 Å². The fourth-order valence-electron chi connectivity index (χ4n) is 4.17. The summed E-state index contributed by atoms with van der Waals surface area (Å²) in [4.78, 5) is 35.9. The number of nitrogens with two attached hydrogens (primary N) is 1. The highest BCUT2D eigenvalue weighted by molar-refractivity contribution is 5.92. The lowest BCUT2D eigenvalue weighted by atomic mass is 10.1. The first-order valence-electron chi connectivity index (χ1n) is 12.4. The van der Waals surface area contributed by atoms with Crippen molar-refractivity contribution in [1.29, 1.82) is 0 Å². The number of halogens is 1. The van der Waals surface area contributed by atoms with Gasteiger partial charge in [0.15, 0.2) is 5.82 Å². The van der Waals surface area contributed by atoms with Crippen molar-refractivity contribution < 1.29 is 23.5 Å². The van der Waals surface area contributed by atoms with E-state index in [9.17, 15) is 14.0 Å². The van der Waals surface area contributed by atoms with Crippen LogP contribution in [0.1, 0.15) is 44.1 Å². The van der Waals surface area contributed by atoms with Crippen LogP contribution >= 0.6 is 0 Å². The van der Waals surface area contributed by atoms with Gasteiger partial charge >= 0.3 is 5.97 Å². The van der Waals surface area contributed by atoms with Crippen LogP contribution < -0.4 is 15.4 Å². The Kier molecular flexibility index (Phi) is 8.15. The first-order valence-corrected chi connectivity index (χ1v) is 12.4. The molecule has 0 saturated heterocycles. The molecule has 8 nitrogen and oxygen atoms in total. The number of carbonyl (C=O) groups is 2. The van der Waals surface area contributed by atoms with Gasteiger partial charge in [0.25, 0.3) is 5.91 Å². The van der Waals surface area contributed by atoms with Gasteiger partial charge in [-0.3, -0.25) is 4.79 Å². The van der Waals surface area contributed by atoms with Crippen molar-refractivity contribution in [2.24, 2.45) is 5.73 Å². The van der Waals surface area contributed by atoms with Gasteiger partial charge in [0, 0.05) is 23.7 Å². The molecule has 196 valence electrons. The van der Waals surface area contributed by atoms with Crippen molar-refractivity contribution in [1.82, 2.24) is 9.97 Å². The largest absolute Gasteiger partial charge is 0.464 e. The number of anilines is 1. The highest BCUT2D eigenvalue weighted by Gasteiger charge is 2.37. The summed E-state index contributed by atoms with van der Waals surface area (Å²) in [6.07, 6.45) is 5.33.